The summed E-state index contributed by atoms with van der Waals surface area (Å²) in [5.74, 6) is 1.25. The molecule has 2 aliphatic rings. The first-order valence-corrected chi connectivity index (χ1v) is 11.5. The Hall–Kier alpha value is -2.06. The van der Waals surface area contributed by atoms with Gasteiger partial charge in [0.1, 0.15) is 0 Å². The van der Waals surface area contributed by atoms with Crippen molar-refractivity contribution in [1.29, 1.82) is 0 Å². The molecule has 2 fully saturated rings. The fourth-order valence-electron chi connectivity index (χ4n) is 3.71. The van der Waals surface area contributed by atoms with Crippen LogP contribution in [0.3, 0.4) is 0 Å². The fourth-order valence-corrected chi connectivity index (χ4v) is 4.51. The van der Waals surface area contributed by atoms with Crippen LogP contribution in [0.2, 0.25) is 0 Å². The summed E-state index contributed by atoms with van der Waals surface area (Å²) < 4.78 is 7.68. The molecule has 0 spiro atoms. The van der Waals surface area contributed by atoms with Crippen LogP contribution in [0, 0.1) is 0 Å². The molecular weight excluding hydrogens is 386 g/mol. The Labute approximate surface area is 176 Å². The molecule has 7 nitrogen and oxygen atoms in total. The van der Waals surface area contributed by atoms with Crippen molar-refractivity contribution in [2.75, 3.05) is 42.3 Å². The van der Waals surface area contributed by atoms with Crippen molar-refractivity contribution in [2.24, 2.45) is 0 Å². The molecule has 0 unspecified atom stereocenters. The Morgan fingerprint density at radius 1 is 1.17 bits per heavy atom. The number of anilines is 2. The van der Waals surface area contributed by atoms with E-state index in [1.165, 1.54) is 22.9 Å². The van der Waals surface area contributed by atoms with Gasteiger partial charge in [-0.2, -0.15) is 0 Å². The predicted molar refractivity (Wildman–Crippen MR) is 116 cm³/mol. The van der Waals surface area contributed by atoms with E-state index in [2.05, 4.69) is 57.0 Å². The van der Waals surface area contributed by atoms with Crippen molar-refractivity contribution >= 4 is 29.3 Å². The molecule has 156 valence electrons. The molecule has 1 saturated heterocycles. The number of nitrogens with one attached hydrogen (secondary N) is 1. The number of aromatic nitrogens is 3. The van der Waals surface area contributed by atoms with Crippen LogP contribution in [0.15, 0.2) is 23.4 Å². The second-order valence-electron chi connectivity index (χ2n) is 7.48. The van der Waals surface area contributed by atoms with Crippen LogP contribution in [0.1, 0.15) is 43.9 Å². The molecule has 1 aromatic heterocycles. The summed E-state index contributed by atoms with van der Waals surface area (Å²) in [6.45, 7) is 7.35. The molecule has 8 heteroatoms. The molecule has 1 amide bonds. The minimum absolute atomic E-state index is 0.00358. The van der Waals surface area contributed by atoms with Gasteiger partial charge in [-0.1, -0.05) is 43.8 Å². The maximum absolute atomic E-state index is 12.7. The molecule has 0 bridgehead atoms. The van der Waals surface area contributed by atoms with E-state index in [0.717, 1.165) is 68.8 Å². The number of thioether (sulfide) groups is 1. The minimum atomic E-state index is 0.00358. The lowest BCUT2D eigenvalue weighted by atomic mass is 10.0. The highest BCUT2D eigenvalue weighted by molar-refractivity contribution is 7.99. The highest BCUT2D eigenvalue weighted by atomic mass is 32.2. The third kappa shape index (κ3) is 4.59. The second-order valence-corrected chi connectivity index (χ2v) is 8.42. The Morgan fingerprint density at radius 3 is 2.48 bits per heavy atom. The number of hydrogen-bond donors (Lipinski definition) is 1. The van der Waals surface area contributed by atoms with Gasteiger partial charge in [-0.3, -0.25) is 9.36 Å². The van der Waals surface area contributed by atoms with E-state index < -0.39 is 0 Å². The average molecular weight is 416 g/mol. The molecule has 2 heterocycles. The van der Waals surface area contributed by atoms with E-state index in [9.17, 15) is 4.79 Å². The molecule has 29 heavy (non-hydrogen) atoms. The van der Waals surface area contributed by atoms with Crippen LogP contribution in [0.25, 0.3) is 0 Å². The maximum atomic E-state index is 12.7. The molecule has 1 aromatic carbocycles. The lowest BCUT2D eigenvalue weighted by Gasteiger charge is -2.27. The number of para-hydroxylation sites is 1. The number of ether oxygens (including phenoxy) is 1. The summed E-state index contributed by atoms with van der Waals surface area (Å²) >= 11 is 1.47. The monoisotopic (exact) mass is 415 g/mol. The van der Waals surface area contributed by atoms with Crippen LogP contribution >= 0.6 is 11.8 Å². The van der Waals surface area contributed by atoms with Crippen LogP contribution < -0.4 is 10.2 Å². The number of rotatable bonds is 8. The number of benzene rings is 1. The fraction of sp³-hybridized carbons (Fsp3) is 0.571. The van der Waals surface area contributed by atoms with Gasteiger partial charge in [0.25, 0.3) is 0 Å². The van der Waals surface area contributed by atoms with Crippen molar-refractivity contribution in [3.8, 4) is 0 Å². The molecule has 1 saturated carbocycles. The van der Waals surface area contributed by atoms with E-state index in [0.29, 0.717) is 11.8 Å². The topological polar surface area (TPSA) is 72.3 Å². The van der Waals surface area contributed by atoms with Gasteiger partial charge in [0.2, 0.25) is 11.9 Å². The lowest BCUT2D eigenvalue weighted by Crippen LogP contribution is -2.38. The molecule has 1 N–H and O–H groups in total. The Morgan fingerprint density at radius 2 is 1.86 bits per heavy atom. The highest BCUT2D eigenvalue weighted by Crippen LogP contribution is 2.41. The first kappa shape index (κ1) is 20.2. The molecule has 1 aliphatic heterocycles. The second kappa shape index (κ2) is 9.17. The minimum Gasteiger partial charge on any atom is -0.378 e. The van der Waals surface area contributed by atoms with E-state index in [1.807, 2.05) is 0 Å². The van der Waals surface area contributed by atoms with Crippen molar-refractivity contribution in [2.45, 2.75) is 50.7 Å². The molecule has 1 aliphatic carbocycles. The van der Waals surface area contributed by atoms with Crippen molar-refractivity contribution < 1.29 is 9.53 Å². The lowest BCUT2D eigenvalue weighted by molar-refractivity contribution is -0.113. The molecule has 4 rings (SSSR count). The van der Waals surface area contributed by atoms with E-state index in [-0.39, 0.29) is 5.91 Å². The third-order valence-corrected chi connectivity index (χ3v) is 6.39. The molecule has 0 radical (unpaired) electrons. The molecule has 0 atom stereocenters. The zero-order valence-corrected chi connectivity index (χ0v) is 18.0. The SMILES string of the molecule is CCc1cccc(CC)c1NC(=O)CSc1nnc(N2CCOCC2)n1C1CC1. The number of carbonyl (C=O) groups excluding carboxylic acids is 1. The maximum Gasteiger partial charge on any atom is 0.234 e. The van der Waals surface area contributed by atoms with Crippen LogP contribution in [0.4, 0.5) is 11.6 Å². The van der Waals surface area contributed by atoms with Gasteiger partial charge in [-0.25, -0.2) is 0 Å². The van der Waals surface area contributed by atoms with E-state index >= 15 is 0 Å². The van der Waals surface area contributed by atoms with E-state index in [4.69, 9.17) is 4.74 Å². The van der Waals surface area contributed by atoms with Crippen LogP contribution in [0.5, 0.6) is 0 Å². The summed E-state index contributed by atoms with van der Waals surface area (Å²) in [5, 5.41) is 12.8. The summed E-state index contributed by atoms with van der Waals surface area (Å²) in [6, 6.07) is 6.69. The third-order valence-electron chi connectivity index (χ3n) is 5.45. The molecule has 2 aromatic rings. The van der Waals surface area contributed by atoms with Crippen LogP contribution in [-0.2, 0) is 22.4 Å². The summed E-state index contributed by atoms with van der Waals surface area (Å²) in [4.78, 5) is 15.0. The van der Waals surface area contributed by atoms with Crippen molar-refractivity contribution in [1.82, 2.24) is 14.8 Å². The summed E-state index contributed by atoms with van der Waals surface area (Å²) in [5.41, 5.74) is 3.33. The number of aryl methyl sites for hydroxylation is 2. The normalized spacial score (nSPS) is 16.8. The summed E-state index contributed by atoms with van der Waals surface area (Å²) in [7, 11) is 0. The highest BCUT2D eigenvalue weighted by Gasteiger charge is 2.32. The largest absolute Gasteiger partial charge is 0.378 e. The van der Waals surface area contributed by atoms with Gasteiger partial charge in [-0.05, 0) is 36.8 Å². The Kier molecular flexibility index (Phi) is 6.40. The zero-order chi connectivity index (χ0) is 20.2. The van der Waals surface area contributed by atoms with Crippen molar-refractivity contribution in [3.63, 3.8) is 0 Å². The van der Waals surface area contributed by atoms with Gasteiger partial charge in [-0.15, -0.1) is 10.2 Å². The Bertz CT molecular complexity index is 837. The van der Waals surface area contributed by atoms with Gasteiger partial charge in [0.15, 0.2) is 5.16 Å². The van der Waals surface area contributed by atoms with Crippen molar-refractivity contribution in [3.05, 3.63) is 29.3 Å². The Balaban J connectivity index is 1.44. The standard InChI is InChI=1S/C21H29N5O2S/c1-3-15-6-5-7-16(4-2)19(15)22-18(27)14-29-21-24-23-20(26(21)17-8-9-17)25-10-12-28-13-11-25/h5-7,17H,3-4,8-14H2,1-2H3,(H,22,27). The predicted octanol–water partition coefficient (Wildman–Crippen LogP) is 3.31. The smallest absolute Gasteiger partial charge is 0.234 e. The zero-order valence-electron chi connectivity index (χ0n) is 17.2. The van der Waals surface area contributed by atoms with E-state index in [1.54, 1.807) is 0 Å². The van der Waals surface area contributed by atoms with Crippen LogP contribution in [-0.4, -0.2) is 52.7 Å². The average Bonchev–Trinajstić information content (AvgIpc) is 3.51. The number of hydrogen-bond acceptors (Lipinski definition) is 6. The summed E-state index contributed by atoms with van der Waals surface area (Å²) in [6.07, 6.45) is 4.10. The van der Waals surface area contributed by atoms with Gasteiger partial charge in [0, 0.05) is 24.8 Å². The number of amides is 1. The van der Waals surface area contributed by atoms with Gasteiger partial charge < -0.3 is 15.0 Å². The first-order valence-electron chi connectivity index (χ1n) is 10.5. The quantitative estimate of drug-likeness (QED) is 0.667. The molecular formula is C21H29N5O2S. The van der Waals surface area contributed by atoms with Gasteiger partial charge in [0.05, 0.1) is 19.0 Å². The number of morpholine rings is 1. The number of carbonyl (C=O) groups is 1. The first-order chi connectivity index (χ1) is 14.2. The van der Waals surface area contributed by atoms with Gasteiger partial charge >= 0.3 is 0 Å². The number of nitrogens with zero attached hydrogens (tertiary/aromatic N) is 4.